The molecule has 4 heteroatoms. The molecule has 2 aliphatic rings. The van der Waals surface area contributed by atoms with E-state index in [0.717, 1.165) is 19.1 Å². The van der Waals surface area contributed by atoms with Crippen LogP contribution in [0.25, 0.3) is 0 Å². The molecule has 0 aromatic carbocycles. The fourth-order valence-electron chi connectivity index (χ4n) is 3.36. The first-order valence-electron chi connectivity index (χ1n) is 7.94. The lowest BCUT2D eigenvalue weighted by Gasteiger charge is -2.36. The van der Waals surface area contributed by atoms with Gasteiger partial charge in [-0.25, -0.2) is 4.98 Å². The molecule has 112 valence electrons. The van der Waals surface area contributed by atoms with Gasteiger partial charge in [0.1, 0.15) is 5.01 Å². The van der Waals surface area contributed by atoms with Crippen LogP contribution in [0.4, 0.5) is 0 Å². The Bertz CT molecular complexity index is 434. The molecule has 1 atom stereocenters. The van der Waals surface area contributed by atoms with E-state index in [4.69, 9.17) is 9.72 Å². The molecule has 1 aromatic rings. The van der Waals surface area contributed by atoms with Crippen LogP contribution in [0.2, 0.25) is 0 Å². The topological polar surface area (TPSA) is 34.1 Å². The highest BCUT2D eigenvalue weighted by Crippen LogP contribution is 2.41. The Balaban J connectivity index is 1.75. The lowest BCUT2D eigenvalue weighted by atomic mass is 9.76. The molecular weight excluding hydrogens is 268 g/mol. The van der Waals surface area contributed by atoms with Crippen molar-refractivity contribution in [2.24, 2.45) is 5.92 Å². The summed E-state index contributed by atoms with van der Waals surface area (Å²) in [5.74, 6) is 0.883. The number of thiazole rings is 1. The molecule has 1 saturated carbocycles. The number of nitrogens with zero attached hydrogens (tertiary/aromatic N) is 1. The average Bonchev–Trinajstić information content (AvgIpc) is 2.95. The molecule has 1 aromatic heterocycles. The summed E-state index contributed by atoms with van der Waals surface area (Å²) in [6, 6.07) is 0. The zero-order valence-corrected chi connectivity index (χ0v) is 13.5. The van der Waals surface area contributed by atoms with Crippen LogP contribution in [-0.2, 0) is 23.1 Å². The molecule has 3 rings (SSSR count). The molecule has 0 spiro atoms. The first kappa shape index (κ1) is 14.5. The zero-order valence-electron chi connectivity index (χ0n) is 12.7. The quantitative estimate of drug-likeness (QED) is 0.784. The minimum atomic E-state index is 0.0403. The van der Waals surface area contributed by atoms with Crippen molar-refractivity contribution in [3.8, 4) is 0 Å². The van der Waals surface area contributed by atoms with Crippen LogP contribution < -0.4 is 5.32 Å². The third-order valence-corrected chi connectivity index (χ3v) is 6.23. The van der Waals surface area contributed by atoms with Crippen LogP contribution >= 0.6 is 11.3 Å². The van der Waals surface area contributed by atoms with Crippen molar-refractivity contribution in [1.82, 2.24) is 10.3 Å². The van der Waals surface area contributed by atoms with E-state index in [-0.39, 0.29) is 5.54 Å². The van der Waals surface area contributed by atoms with Gasteiger partial charge in [0, 0.05) is 18.5 Å². The number of methoxy groups -OCH3 is 1. The summed E-state index contributed by atoms with van der Waals surface area (Å²) in [5, 5.41) is 5.03. The summed E-state index contributed by atoms with van der Waals surface area (Å²) in [4.78, 5) is 6.50. The van der Waals surface area contributed by atoms with Gasteiger partial charge in [-0.2, -0.15) is 0 Å². The smallest absolute Gasteiger partial charge is 0.113 e. The predicted molar refractivity (Wildman–Crippen MR) is 83.3 cm³/mol. The minimum Gasteiger partial charge on any atom is -0.383 e. The maximum atomic E-state index is 5.20. The summed E-state index contributed by atoms with van der Waals surface area (Å²) in [6.45, 7) is 4.02. The standard InChI is InChI=1S/C16H26N2OS/c1-16(17-9-10-19-2,11-12-5-3-6-12)15-18-13-7-4-8-14(13)20-15/h12,17H,3-11H2,1-2H3. The van der Waals surface area contributed by atoms with Gasteiger partial charge in [-0.05, 0) is 38.5 Å². The number of hydrogen-bond donors (Lipinski definition) is 1. The number of nitrogens with one attached hydrogen (secondary N) is 1. The van der Waals surface area contributed by atoms with Crippen molar-refractivity contribution in [3.63, 3.8) is 0 Å². The lowest BCUT2D eigenvalue weighted by molar-refractivity contribution is 0.164. The van der Waals surface area contributed by atoms with Gasteiger partial charge in [0.2, 0.25) is 0 Å². The van der Waals surface area contributed by atoms with Crippen LogP contribution in [0.5, 0.6) is 0 Å². The molecule has 3 nitrogen and oxygen atoms in total. The molecule has 0 saturated heterocycles. The third kappa shape index (κ3) is 2.92. The summed E-state index contributed by atoms with van der Waals surface area (Å²) < 4.78 is 5.20. The van der Waals surface area contributed by atoms with E-state index >= 15 is 0 Å². The molecule has 0 aliphatic heterocycles. The average molecular weight is 294 g/mol. The van der Waals surface area contributed by atoms with E-state index in [0.29, 0.717) is 0 Å². The van der Waals surface area contributed by atoms with Gasteiger partial charge in [-0.15, -0.1) is 11.3 Å². The Morgan fingerprint density at radius 1 is 1.35 bits per heavy atom. The van der Waals surface area contributed by atoms with Crippen molar-refractivity contribution < 1.29 is 4.74 Å². The summed E-state index contributed by atoms with van der Waals surface area (Å²) in [6.07, 6.45) is 9.15. The second-order valence-electron chi connectivity index (χ2n) is 6.50. The molecule has 20 heavy (non-hydrogen) atoms. The van der Waals surface area contributed by atoms with Crippen LogP contribution in [-0.4, -0.2) is 25.2 Å². The Hall–Kier alpha value is -0.450. The Labute approximate surface area is 126 Å². The number of ether oxygens (including phenoxy) is 1. The highest BCUT2D eigenvalue weighted by molar-refractivity contribution is 7.12. The Kier molecular flexibility index (Phi) is 4.43. The first-order chi connectivity index (χ1) is 9.71. The number of rotatable bonds is 7. The van der Waals surface area contributed by atoms with Crippen molar-refractivity contribution in [2.45, 2.75) is 57.4 Å². The van der Waals surface area contributed by atoms with Gasteiger partial charge in [0.05, 0.1) is 17.8 Å². The van der Waals surface area contributed by atoms with Crippen LogP contribution in [0.3, 0.4) is 0 Å². The highest BCUT2D eigenvalue weighted by Gasteiger charge is 2.35. The number of hydrogen-bond acceptors (Lipinski definition) is 4. The predicted octanol–water partition coefficient (Wildman–Crippen LogP) is 3.27. The normalized spacial score (nSPS) is 21.5. The van der Waals surface area contributed by atoms with Gasteiger partial charge >= 0.3 is 0 Å². The molecule has 0 bridgehead atoms. The SMILES string of the molecule is COCCNC(C)(CC1CCC1)c1nc2c(s1)CCC2. The van der Waals surface area contributed by atoms with Gasteiger partial charge < -0.3 is 10.1 Å². The molecule has 0 radical (unpaired) electrons. The molecule has 1 fully saturated rings. The van der Waals surface area contributed by atoms with Crippen LogP contribution in [0.1, 0.15) is 54.6 Å². The zero-order chi connectivity index (χ0) is 14.0. The molecule has 0 amide bonds. The fourth-order valence-corrected chi connectivity index (χ4v) is 4.65. The molecule has 1 unspecified atom stereocenters. The van der Waals surface area contributed by atoms with E-state index in [1.807, 2.05) is 11.3 Å². The van der Waals surface area contributed by atoms with E-state index in [9.17, 15) is 0 Å². The van der Waals surface area contributed by atoms with E-state index in [1.54, 1.807) is 7.11 Å². The van der Waals surface area contributed by atoms with Gasteiger partial charge in [-0.3, -0.25) is 0 Å². The molecule has 1 heterocycles. The van der Waals surface area contributed by atoms with Gasteiger partial charge in [-0.1, -0.05) is 19.3 Å². The van der Waals surface area contributed by atoms with Crippen LogP contribution in [0.15, 0.2) is 0 Å². The second-order valence-corrected chi connectivity index (χ2v) is 7.58. The van der Waals surface area contributed by atoms with E-state index in [1.165, 1.54) is 60.5 Å². The van der Waals surface area contributed by atoms with Crippen LogP contribution in [0, 0.1) is 5.92 Å². The molecule has 2 aliphatic carbocycles. The van der Waals surface area contributed by atoms with Crippen molar-refractivity contribution in [1.29, 1.82) is 0 Å². The van der Waals surface area contributed by atoms with Crippen molar-refractivity contribution >= 4 is 11.3 Å². The Morgan fingerprint density at radius 3 is 2.85 bits per heavy atom. The minimum absolute atomic E-state index is 0.0403. The largest absolute Gasteiger partial charge is 0.383 e. The molecular formula is C16H26N2OS. The van der Waals surface area contributed by atoms with E-state index < -0.39 is 0 Å². The summed E-state index contributed by atoms with van der Waals surface area (Å²) >= 11 is 1.95. The van der Waals surface area contributed by atoms with Crippen molar-refractivity contribution in [3.05, 3.63) is 15.6 Å². The second kappa shape index (κ2) is 6.12. The highest BCUT2D eigenvalue weighted by atomic mass is 32.1. The van der Waals surface area contributed by atoms with Gasteiger partial charge in [0.25, 0.3) is 0 Å². The fraction of sp³-hybridized carbons (Fsp3) is 0.812. The summed E-state index contributed by atoms with van der Waals surface area (Å²) in [7, 11) is 1.77. The first-order valence-corrected chi connectivity index (χ1v) is 8.76. The van der Waals surface area contributed by atoms with Gasteiger partial charge in [0.15, 0.2) is 0 Å². The number of aryl methyl sites for hydroxylation is 2. The number of fused-ring (bicyclic) bond motifs is 1. The Morgan fingerprint density at radius 2 is 2.20 bits per heavy atom. The number of aromatic nitrogens is 1. The third-order valence-electron chi connectivity index (χ3n) is 4.81. The maximum absolute atomic E-state index is 5.20. The monoisotopic (exact) mass is 294 g/mol. The lowest BCUT2D eigenvalue weighted by Crippen LogP contribution is -2.43. The molecule has 1 N–H and O–H groups in total. The maximum Gasteiger partial charge on any atom is 0.113 e. The summed E-state index contributed by atoms with van der Waals surface area (Å²) in [5.41, 5.74) is 1.41. The van der Waals surface area contributed by atoms with Crippen molar-refractivity contribution in [2.75, 3.05) is 20.3 Å². The van der Waals surface area contributed by atoms with E-state index in [2.05, 4.69) is 12.2 Å².